The molecule has 0 spiro atoms. The first kappa shape index (κ1) is 21.1. The number of carboxylic acid groups (broad SMARTS) is 1. The van der Waals surface area contributed by atoms with E-state index in [-0.39, 0.29) is 19.1 Å². The molecule has 4 N–H and O–H groups in total. The van der Waals surface area contributed by atoms with Gasteiger partial charge in [0.15, 0.2) is 6.10 Å². The Balaban J connectivity index is 1.45. The van der Waals surface area contributed by atoms with Gasteiger partial charge < -0.3 is 25.6 Å². The van der Waals surface area contributed by atoms with Gasteiger partial charge in [-0.15, -0.1) is 0 Å². The van der Waals surface area contributed by atoms with Crippen LogP contribution in [-0.2, 0) is 14.3 Å². The minimum Gasteiger partial charge on any atom is -0.479 e. The van der Waals surface area contributed by atoms with Crippen LogP contribution in [0.2, 0.25) is 0 Å². The van der Waals surface area contributed by atoms with Crippen LogP contribution in [0.25, 0.3) is 11.1 Å². The number of aliphatic hydroxyl groups is 1. The summed E-state index contributed by atoms with van der Waals surface area (Å²) in [5.41, 5.74) is 4.52. The standard InChI is InChI=1S/C22H22N2O6/c25-19(21(27)28)12-24-20(26)10-5-11-23-22(29)30-13-18-16-8-3-1-6-14(16)15-7-2-4-9-17(15)18/h1-10,18-19,25H,11-13H2,(H,23,29)(H,24,26)(H,27,28)/b10-5+. The van der Waals surface area contributed by atoms with Crippen LogP contribution in [0.5, 0.6) is 0 Å². The minimum absolute atomic E-state index is 0.0369. The number of hydrogen-bond donors (Lipinski definition) is 4. The smallest absolute Gasteiger partial charge is 0.407 e. The van der Waals surface area contributed by atoms with Gasteiger partial charge in [-0.1, -0.05) is 54.6 Å². The molecular formula is C22H22N2O6. The second-order valence-electron chi connectivity index (χ2n) is 6.71. The number of carboxylic acids is 1. The molecule has 0 fully saturated rings. The van der Waals surface area contributed by atoms with Crippen LogP contribution in [0.3, 0.4) is 0 Å². The first-order valence-electron chi connectivity index (χ1n) is 9.41. The molecule has 0 radical (unpaired) electrons. The Morgan fingerprint density at radius 3 is 2.20 bits per heavy atom. The van der Waals surface area contributed by atoms with Gasteiger partial charge in [0.05, 0.1) is 6.54 Å². The van der Waals surface area contributed by atoms with Crippen LogP contribution in [0, 0.1) is 0 Å². The normalized spacial score (nSPS) is 13.4. The Hall–Kier alpha value is -3.65. The molecule has 0 saturated heterocycles. The number of benzene rings is 2. The van der Waals surface area contributed by atoms with Crippen molar-refractivity contribution in [1.82, 2.24) is 10.6 Å². The molecule has 3 rings (SSSR count). The topological polar surface area (TPSA) is 125 Å². The van der Waals surface area contributed by atoms with Crippen molar-refractivity contribution >= 4 is 18.0 Å². The van der Waals surface area contributed by atoms with E-state index >= 15 is 0 Å². The maximum atomic E-state index is 12.0. The van der Waals surface area contributed by atoms with Crippen molar-refractivity contribution < 1.29 is 29.3 Å². The Morgan fingerprint density at radius 1 is 1.00 bits per heavy atom. The van der Waals surface area contributed by atoms with Crippen molar-refractivity contribution in [3.8, 4) is 11.1 Å². The van der Waals surface area contributed by atoms with E-state index in [2.05, 4.69) is 22.8 Å². The maximum Gasteiger partial charge on any atom is 0.407 e. The number of amides is 2. The third kappa shape index (κ3) is 5.03. The summed E-state index contributed by atoms with van der Waals surface area (Å²) in [6.45, 7) is -0.152. The SMILES string of the molecule is O=C(/C=C/CNC(=O)OCC1c2ccccc2-c2ccccc21)NCC(O)C(=O)O. The molecule has 156 valence electrons. The number of hydrogen-bond acceptors (Lipinski definition) is 5. The van der Waals surface area contributed by atoms with Crippen LogP contribution < -0.4 is 10.6 Å². The minimum atomic E-state index is -1.67. The molecule has 1 atom stereocenters. The van der Waals surface area contributed by atoms with Crippen molar-refractivity contribution in [1.29, 1.82) is 0 Å². The largest absolute Gasteiger partial charge is 0.479 e. The lowest BCUT2D eigenvalue weighted by Gasteiger charge is -2.14. The van der Waals surface area contributed by atoms with Gasteiger partial charge in [0, 0.05) is 18.5 Å². The van der Waals surface area contributed by atoms with E-state index in [0.717, 1.165) is 28.3 Å². The number of carbonyl (C=O) groups excluding carboxylic acids is 2. The van der Waals surface area contributed by atoms with Crippen LogP contribution in [-0.4, -0.2) is 54.0 Å². The molecule has 2 aromatic carbocycles. The first-order valence-corrected chi connectivity index (χ1v) is 9.41. The average Bonchev–Trinajstić information content (AvgIpc) is 3.07. The van der Waals surface area contributed by atoms with E-state index in [9.17, 15) is 14.4 Å². The third-order valence-corrected chi connectivity index (χ3v) is 4.73. The predicted molar refractivity (Wildman–Crippen MR) is 109 cm³/mol. The number of aliphatic hydroxyl groups excluding tert-OH is 1. The summed E-state index contributed by atoms with van der Waals surface area (Å²) < 4.78 is 5.37. The second kappa shape index (κ2) is 9.71. The average molecular weight is 410 g/mol. The predicted octanol–water partition coefficient (Wildman–Crippen LogP) is 1.64. The number of rotatable bonds is 8. The lowest BCUT2D eigenvalue weighted by molar-refractivity contribution is -0.146. The summed E-state index contributed by atoms with van der Waals surface area (Å²) in [4.78, 5) is 34.0. The highest BCUT2D eigenvalue weighted by molar-refractivity contribution is 5.88. The molecule has 0 aliphatic heterocycles. The summed E-state index contributed by atoms with van der Waals surface area (Å²) >= 11 is 0. The summed E-state index contributed by atoms with van der Waals surface area (Å²) in [6.07, 6.45) is 0.256. The number of carbonyl (C=O) groups is 3. The van der Waals surface area contributed by atoms with Crippen molar-refractivity contribution in [3.63, 3.8) is 0 Å². The van der Waals surface area contributed by atoms with Gasteiger partial charge in [0.2, 0.25) is 5.91 Å². The van der Waals surface area contributed by atoms with Gasteiger partial charge in [-0.2, -0.15) is 0 Å². The zero-order valence-corrected chi connectivity index (χ0v) is 16.1. The Labute approximate surface area is 173 Å². The Bertz CT molecular complexity index is 926. The fourth-order valence-corrected chi connectivity index (χ4v) is 3.30. The summed E-state index contributed by atoms with van der Waals surface area (Å²) in [5, 5.41) is 22.4. The van der Waals surface area contributed by atoms with E-state index in [1.165, 1.54) is 6.08 Å². The number of nitrogens with one attached hydrogen (secondary N) is 2. The van der Waals surface area contributed by atoms with Gasteiger partial charge in [0.1, 0.15) is 6.61 Å². The summed E-state index contributed by atoms with van der Waals surface area (Å²) in [5.74, 6) is -2.04. The molecule has 0 bridgehead atoms. The number of aliphatic carboxylic acids is 1. The molecule has 1 aliphatic carbocycles. The molecule has 0 heterocycles. The van der Waals surface area contributed by atoms with Gasteiger partial charge >= 0.3 is 12.1 Å². The lowest BCUT2D eigenvalue weighted by atomic mass is 9.98. The van der Waals surface area contributed by atoms with E-state index in [0.29, 0.717) is 0 Å². The molecule has 0 aromatic heterocycles. The first-order chi connectivity index (χ1) is 14.5. The highest BCUT2D eigenvalue weighted by Gasteiger charge is 2.28. The molecule has 2 amide bonds. The van der Waals surface area contributed by atoms with Crippen LogP contribution in [0.4, 0.5) is 4.79 Å². The Kier molecular flexibility index (Phi) is 6.82. The van der Waals surface area contributed by atoms with E-state index < -0.39 is 30.6 Å². The molecule has 30 heavy (non-hydrogen) atoms. The fourth-order valence-electron chi connectivity index (χ4n) is 3.30. The van der Waals surface area contributed by atoms with Crippen LogP contribution >= 0.6 is 0 Å². The van der Waals surface area contributed by atoms with Crippen molar-refractivity contribution in [2.24, 2.45) is 0 Å². The zero-order valence-electron chi connectivity index (χ0n) is 16.1. The van der Waals surface area contributed by atoms with E-state index in [1.807, 2.05) is 36.4 Å². The third-order valence-electron chi connectivity index (χ3n) is 4.73. The van der Waals surface area contributed by atoms with Crippen molar-refractivity contribution in [2.45, 2.75) is 12.0 Å². The van der Waals surface area contributed by atoms with E-state index in [4.69, 9.17) is 14.9 Å². The zero-order chi connectivity index (χ0) is 21.5. The van der Waals surface area contributed by atoms with Crippen LogP contribution in [0.15, 0.2) is 60.7 Å². The van der Waals surface area contributed by atoms with E-state index in [1.54, 1.807) is 0 Å². The molecule has 1 unspecified atom stereocenters. The van der Waals surface area contributed by atoms with Gasteiger partial charge in [0.25, 0.3) is 0 Å². The molecule has 0 saturated carbocycles. The fraction of sp³-hybridized carbons (Fsp3) is 0.227. The molecule has 8 heteroatoms. The highest BCUT2D eigenvalue weighted by atomic mass is 16.5. The molecular weight excluding hydrogens is 388 g/mol. The number of fused-ring (bicyclic) bond motifs is 3. The van der Waals surface area contributed by atoms with Gasteiger partial charge in [-0.3, -0.25) is 4.79 Å². The second-order valence-corrected chi connectivity index (χ2v) is 6.71. The lowest BCUT2D eigenvalue weighted by Crippen LogP contribution is -2.35. The summed E-state index contributed by atoms with van der Waals surface area (Å²) in [7, 11) is 0. The van der Waals surface area contributed by atoms with Crippen molar-refractivity contribution in [2.75, 3.05) is 19.7 Å². The van der Waals surface area contributed by atoms with Gasteiger partial charge in [-0.25, -0.2) is 9.59 Å². The molecule has 2 aromatic rings. The number of ether oxygens (including phenoxy) is 1. The number of alkyl carbamates (subject to hydrolysis) is 1. The summed E-state index contributed by atoms with van der Waals surface area (Å²) in [6, 6.07) is 16.1. The monoisotopic (exact) mass is 410 g/mol. The Morgan fingerprint density at radius 2 is 1.60 bits per heavy atom. The van der Waals surface area contributed by atoms with Gasteiger partial charge in [-0.05, 0) is 22.3 Å². The molecule has 1 aliphatic rings. The highest BCUT2D eigenvalue weighted by Crippen LogP contribution is 2.44. The van der Waals surface area contributed by atoms with Crippen molar-refractivity contribution in [3.05, 3.63) is 71.8 Å². The quantitative estimate of drug-likeness (QED) is 0.491. The van der Waals surface area contributed by atoms with Crippen LogP contribution in [0.1, 0.15) is 17.0 Å². The maximum absolute atomic E-state index is 12.0. The molecule has 8 nitrogen and oxygen atoms in total.